The van der Waals surface area contributed by atoms with Crippen molar-refractivity contribution < 1.29 is 22.1 Å². The number of aromatic nitrogens is 1. The second kappa shape index (κ2) is 9.34. The Bertz CT molecular complexity index is 1500. The molecule has 0 N–H and O–H groups in total. The Kier molecular flexibility index (Phi) is 6.22. The number of halogens is 2. The molecule has 2 fully saturated rings. The molecule has 0 radical (unpaired) electrons. The van der Waals surface area contributed by atoms with E-state index in [0.717, 1.165) is 34.1 Å². The number of carbonyl (C=O) groups is 1. The molecule has 200 valence electrons. The predicted octanol–water partition coefficient (Wildman–Crippen LogP) is 4.61. The van der Waals surface area contributed by atoms with Crippen molar-refractivity contribution in [1.82, 2.24) is 10.1 Å². The van der Waals surface area contributed by atoms with Gasteiger partial charge in [0, 0.05) is 23.7 Å². The maximum absolute atomic E-state index is 14.4. The molecule has 1 aliphatic carbocycles. The molecule has 3 aliphatic heterocycles. The summed E-state index contributed by atoms with van der Waals surface area (Å²) in [4.78, 5) is 22.0. The minimum absolute atomic E-state index is 0.00528. The first-order valence-electron chi connectivity index (χ1n) is 12.8. The Morgan fingerprint density at radius 1 is 1.13 bits per heavy atom. The van der Waals surface area contributed by atoms with Crippen LogP contribution in [0.2, 0.25) is 5.02 Å². The number of rotatable bonds is 4. The summed E-state index contributed by atoms with van der Waals surface area (Å²) in [5.74, 6) is 1.03. The zero-order chi connectivity index (χ0) is 26.8. The van der Waals surface area contributed by atoms with Crippen LogP contribution in [-0.2, 0) is 14.6 Å². The van der Waals surface area contributed by atoms with E-state index in [1.165, 1.54) is 12.1 Å². The second-order valence-corrected chi connectivity index (χ2v) is 13.1. The lowest BCUT2D eigenvalue weighted by Crippen LogP contribution is -2.53. The van der Waals surface area contributed by atoms with E-state index in [2.05, 4.69) is 16.1 Å². The first-order valence-corrected chi connectivity index (χ1v) is 15.0. The van der Waals surface area contributed by atoms with Crippen molar-refractivity contribution in [1.29, 1.82) is 0 Å². The second-order valence-electron chi connectivity index (χ2n) is 10.4. The molecule has 38 heavy (non-hydrogen) atoms. The van der Waals surface area contributed by atoms with Crippen LogP contribution in [0.15, 0.2) is 45.6 Å². The summed E-state index contributed by atoms with van der Waals surface area (Å²) in [5, 5.41) is 4.08. The van der Waals surface area contributed by atoms with Gasteiger partial charge in [0.2, 0.25) is 5.91 Å². The fourth-order valence-electron chi connectivity index (χ4n) is 6.19. The number of aliphatic imine (C=N–C) groups is 1. The highest BCUT2D eigenvalue weighted by molar-refractivity contribution is 7.91. The number of hydrogen-bond donors (Lipinski definition) is 0. The molecular weight excluding hydrogens is 531 g/mol. The van der Waals surface area contributed by atoms with E-state index in [0.29, 0.717) is 37.8 Å². The van der Waals surface area contributed by atoms with Gasteiger partial charge in [0.15, 0.2) is 0 Å². The molecular formula is C27H28ClFN4O4S. The van der Waals surface area contributed by atoms with Crippen LogP contribution in [-0.4, -0.2) is 59.8 Å². The molecule has 0 saturated carbocycles. The van der Waals surface area contributed by atoms with Gasteiger partial charge in [0.1, 0.15) is 27.3 Å². The molecule has 2 aromatic rings. The molecule has 1 aromatic carbocycles. The van der Waals surface area contributed by atoms with E-state index in [-0.39, 0.29) is 34.5 Å². The first kappa shape index (κ1) is 25.3. The third-order valence-electron chi connectivity index (χ3n) is 7.98. The zero-order valence-corrected chi connectivity index (χ0v) is 22.7. The van der Waals surface area contributed by atoms with Gasteiger partial charge < -0.3 is 14.3 Å². The van der Waals surface area contributed by atoms with E-state index in [1.54, 1.807) is 11.0 Å². The molecule has 2 atom stereocenters. The van der Waals surface area contributed by atoms with E-state index >= 15 is 0 Å². The molecule has 2 saturated heterocycles. The van der Waals surface area contributed by atoms with Crippen LogP contribution in [0, 0.1) is 19.7 Å². The van der Waals surface area contributed by atoms with Gasteiger partial charge in [-0.1, -0.05) is 22.8 Å². The lowest BCUT2D eigenvalue weighted by Gasteiger charge is -2.41. The Hall–Kier alpha value is -2.98. The third kappa shape index (κ3) is 4.27. The van der Waals surface area contributed by atoms with Gasteiger partial charge in [0.05, 0.1) is 40.0 Å². The van der Waals surface area contributed by atoms with Gasteiger partial charge >= 0.3 is 0 Å². The maximum Gasteiger partial charge on any atom is 0.227 e. The lowest BCUT2D eigenvalue weighted by atomic mass is 9.92. The summed E-state index contributed by atoms with van der Waals surface area (Å²) in [6, 6.07) is 3.90. The number of fused-ring (bicyclic) bond motifs is 1. The predicted molar refractivity (Wildman–Crippen MR) is 143 cm³/mol. The number of benzene rings is 1. The first-order chi connectivity index (χ1) is 18.1. The Morgan fingerprint density at radius 3 is 2.58 bits per heavy atom. The number of nitrogens with zero attached hydrogens (tertiary/aromatic N) is 4. The normalized spacial score (nSPS) is 25.4. The summed E-state index contributed by atoms with van der Waals surface area (Å²) in [5.41, 5.74) is 4.05. The Balaban J connectivity index is 1.41. The summed E-state index contributed by atoms with van der Waals surface area (Å²) < 4.78 is 44.2. The van der Waals surface area contributed by atoms with Crippen LogP contribution in [0.5, 0.6) is 0 Å². The number of sulfone groups is 1. The summed E-state index contributed by atoms with van der Waals surface area (Å²) >= 11 is 5.91. The van der Waals surface area contributed by atoms with Crippen molar-refractivity contribution >= 4 is 44.4 Å². The average Bonchev–Trinajstić information content (AvgIpc) is 3.55. The number of anilines is 1. The molecule has 6 rings (SSSR count). The van der Waals surface area contributed by atoms with Crippen LogP contribution in [0.4, 0.5) is 10.1 Å². The molecule has 11 heteroatoms. The number of aryl methyl sites for hydroxylation is 2. The van der Waals surface area contributed by atoms with Crippen LogP contribution >= 0.6 is 11.6 Å². The third-order valence-corrected chi connectivity index (χ3v) is 10.0. The smallest absolute Gasteiger partial charge is 0.227 e. The van der Waals surface area contributed by atoms with Gasteiger partial charge in [-0.3, -0.25) is 4.79 Å². The van der Waals surface area contributed by atoms with Crippen molar-refractivity contribution in [3.63, 3.8) is 0 Å². The van der Waals surface area contributed by atoms with Gasteiger partial charge in [0.25, 0.3) is 0 Å². The molecule has 4 heterocycles. The van der Waals surface area contributed by atoms with E-state index in [1.807, 2.05) is 19.9 Å². The molecule has 0 spiro atoms. The highest BCUT2D eigenvalue weighted by atomic mass is 35.5. The summed E-state index contributed by atoms with van der Waals surface area (Å²) in [6.07, 6.45) is 6.73. The topological polar surface area (TPSA) is 96.1 Å². The van der Waals surface area contributed by atoms with Gasteiger partial charge in [-0.05, 0) is 69.4 Å². The summed E-state index contributed by atoms with van der Waals surface area (Å²) in [6.45, 7) is 3.79. The maximum atomic E-state index is 14.4. The number of allylic oxidation sites excluding steroid dienone is 2. The minimum atomic E-state index is -3.06. The van der Waals surface area contributed by atoms with Crippen molar-refractivity contribution in [2.45, 2.75) is 64.1 Å². The SMILES string of the molecule is Cc1noc(C)c1C1=CCC2C(=C1)N=C([C@@H]1CCC(=O)N1c1ccc(Cl)c(F)c1)N2C1CCS(=O)(=O)CC1. The quantitative estimate of drug-likeness (QED) is 0.544. The Labute approximate surface area is 225 Å². The lowest BCUT2D eigenvalue weighted by molar-refractivity contribution is -0.117. The number of carbonyl (C=O) groups excluding carboxylic acids is 1. The van der Waals surface area contributed by atoms with E-state index in [9.17, 15) is 17.6 Å². The van der Waals surface area contributed by atoms with Gasteiger partial charge in [-0.2, -0.15) is 0 Å². The fraction of sp³-hybridized carbons (Fsp3) is 0.444. The standard InChI is InChI=1S/C27H28ClFN4O4S/c1-15-26(16(2)37-31-15)17-3-6-23-22(13-17)30-27(33(23)18-9-11-38(35,36)12-10-18)24-7-8-25(34)32(24)19-4-5-20(28)21(29)14-19/h3-5,13-14,18,23-24H,6-12H2,1-2H3/t23?,24-/m0/s1. The molecule has 1 unspecified atom stereocenters. The minimum Gasteiger partial charge on any atom is -0.361 e. The van der Waals surface area contributed by atoms with Crippen molar-refractivity contribution in [2.75, 3.05) is 16.4 Å². The van der Waals surface area contributed by atoms with Crippen LogP contribution in [0.25, 0.3) is 5.57 Å². The van der Waals surface area contributed by atoms with Gasteiger partial charge in [-0.15, -0.1) is 0 Å². The molecule has 0 bridgehead atoms. The summed E-state index contributed by atoms with van der Waals surface area (Å²) in [7, 11) is -3.06. The molecule has 8 nitrogen and oxygen atoms in total. The largest absolute Gasteiger partial charge is 0.361 e. The van der Waals surface area contributed by atoms with Crippen LogP contribution in [0.3, 0.4) is 0 Å². The highest BCUT2D eigenvalue weighted by Gasteiger charge is 2.46. The van der Waals surface area contributed by atoms with E-state index in [4.69, 9.17) is 21.1 Å². The number of amides is 1. The fourth-order valence-corrected chi connectivity index (χ4v) is 7.77. The highest BCUT2D eigenvalue weighted by Crippen LogP contribution is 2.41. The van der Waals surface area contributed by atoms with Crippen molar-refractivity contribution in [2.24, 2.45) is 4.99 Å². The van der Waals surface area contributed by atoms with Crippen molar-refractivity contribution in [3.05, 3.63) is 63.9 Å². The number of amidine groups is 1. The monoisotopic (exact) mass is 558 g/mol. The van der Waals surface area contributed by atoms with Gasteiger partial charge in [-0.25, -0.2) is 17.8 Å². The van der Waals surface area contributed by atoms with Crippen LogP contribution in [0.1, 0.15) is 49.1 Å². The van der Waals surface area contributed by atoms with E-state index < -0.39 is 21.7 Å². The molecule has 1 aromatic heterocycles. The van der Waals surface area contributed by atoms with Crippen molar-refractivity contribution in [3.8, 4) is 0 Å². The number of hydrogen-bond acceptors (Lipinski definition) is 7. The average molecular weight is 559 g/mol. The Morgan fingerprint density at radius 2 is 1.89 bits per heavy atom. The van der Waals surface area contributed by atoms with Crippen LogP contribution < -0.4 is 4.90 Å². The molecule has 4 aliphatic rings. The molecule has 1 amide bonds. The zero-order valence-electron chi connectivity index (χ0n) is 21.2.